The summed E-state index contributed by atoms with van der Waals surface area (Å²) in [5, 5.41) is 0. The van der Waals surface area contributed by atoms with Crippen LogP contribution in [0.3, 0.4) is 0 Å². The topological polar surface area (TPSA) is 22.1 Å². The van der Waals surface area contributed by atoms with Crippen molar-refractivity contribution < 1.29 is 4.74 Å². The van der Waals surface area contributed by atoms with Crippen molar-refractivity contribution in [3.63, 3.8) is 0 Å². The van der Waals surface area contributed by atoms with Crippen LogP contribution in [-0.4, -0.2) is 18.2 Å². The molecule has 0 aliphatic carbocycles. The molecule has 0 radical (unpaired) electrons. The molecule has 1 unspecified atom stereocenters. The molecule has 1 aromatic heterocycles. The van der Waals surface area contributed by atoms with Crippen molar-refractivity contribution >= 4 is 0 Å². The first-order valence-corrected chi connectivity index (χ1v) is 5.90. The number of aromatic nitrogens is 1. The summed E-state index contributed by atoms with van der Waals surface area (Å²) < 4.78 is 5.41. The summed E-state index contributed by atoms with van der Waals surface area (Å²) in [6, 6.07) is 6.23. The summed E-state index contributed by atoms with van der Waals surface area (Å²) in [6.45, 7) is 4.11. The molecule has 15 heavy (non-hydrogen) atoms. The quantitative estimate of drug-likeness (QED) is 0.756. The normalized spacial score (nSPS) is 20.1. The molecule has 1 aliphatic rings. The zero-order valence-electron chi connectivity index (χ0n) is 9.36. The molecule has 82 valence electrons. The SMILES string of the molecule is CCC(c1ccccn1)C1CCOCC1. The van der Waals surface area contributed by atoms with Crippen LogP contribution in [-0.2, 0) is 4.74 Å². The molecule has 2 heterocycles. The zero-order valence-corrected chi connectivity index (χ0v) is 9.36. The van der Waals surface area contributed by atoms with Crippen molar-refractivity contribution in [1.29, 1.82) is 0 Å². The van der Waals surface area contributed by atoms with Crippen LogP contribution in [0.2, 0.25) is 0 Å². The molecule has 0 saturated carbocycles. The Morgan fingerprint density at radius 2 is 2.20 bits per heavy atom. The lowest BCUT2D eigenvalue weighted by atomic mass is 9.82. The monoisotopic (exact) mass is 205 g/mol. The van der Waals surface area contributed by atoms with Crippen molar-refractivity contribution in [3.05, 3.63) is 30.1 Å². The molecule has 1 aromatic rings. The lowest BCUT2D eigenvalue weighted by molar-refractivity contribution is 0.0568. The van der Waals surface area contributed by atoms with Crippen LogP contribution in [0, 0.1) is 5.92 Å². The van der Waals surface area contributed by atoms with Crippen molar-refractivity contribution in [2.24, 2.45) is 5.92 Å². The third-order valence-corrected chi connectivity index (χ3v) is 3.34. The Kier molecular flexibility index (Phi) is 3.73. The lowest BCUT2D eigenvalue weighted by Crippen LogP contribution is -2.22. The summed E-state index contributed by atoms with van der Waals surface area (Å²) in [6.07, 6.45) is 5.46. The average molecular weight is 205 g/mol. The van der Waals surface area contributed by atoms with Crippen LogP contribution in [0.4, 0.5) is 0 Å². The van der Waals surface area contributed by atoms with Crippen LogP contribution in [0.15, 0.2) is 24.4 Å². The van der Waals surface area contributed by atoms with E-state index in [4.69, 9.17) is 4.74 Å². The zero-order chi connectivity index (χ0) is 10.5. The third-order valence-electron chi connectivity index (χ3n) is 3.34. The smallest absolute Gasteiger partial charge is 0.0468 e. The van der Waals surface area contributed by atoms with Gasteiger partial charge in [0.25, 0.3) is 0 Å². The van der Waals surface area contributed by atoms with Crippen molar-refractivity contribution in [2.45, 2.75) is 32.1 Å². The first-order chi connectivity index (χ1) is 7.42. The molecule has 1 fully saturated rings. The molecule has 1 atom stereocenters. The minimum Gasteiger partial charge on any atom is -0.381 e. The number of ether oxygens (including phenoxy) is 1. The maximum Gasteiger partial charge on any atom is 0.0468 e. The Balaban J connectivity index is 2.09. The molecule has 0 bridgehead atoms. The van der Waals surface area contributed by atoms with E-state index in [1.165, 1.54) is 25.0 Å². The van der Waals surface area contributed by atoms with Gasteiger partial charge in [0.15, 0.2) is 0 Å². The minimum atomic E-state index is 0.620. The predicted octanol–water partition coefficient (Wildman–Crippen LogP) is 3.00. The van der Waals surface area contributed by atoms with Gasteiger partial charge >= 0.3 is 0 Å². The first kappa shape index (κ1) is 10.6. The second-order valence-corrected chi connectivity index (χ2v) is 4.22. The fourth-order valence-corrected chi connectivity index (χ4v) is 2.50. The van der Waals surface area contributed by atoms with Crippen LogP contribution in [0.25, 0.3) is 0 Å². The summed E-state index contributed by atoms with van der Waals surface area (Å²) >= 11 is 0. The predicted molar refractivity (Wildman–Crippen MR) is 60.8 cm³/mol. The Morgan fingerprint density at radius 1 is 1.40 bits per heavy atom. The van der Waals surface area contributed by atoms with Gasteiger partial charge in [-0.15, -0.1) is 0 Å². The first-order valence-electron chi connectivity index (χ1n) is 5.90. The van der Waals surface area contributed by atoms with Gasteiger partial charge in [0, 0.05) is 31.0 Å². The van der Waals surface area contributed by atoms with Gasteiger partial charge in [-0.1, -0.05) is 13.0 Å². The molecule has 0 amide bonds. The fourth-order valence-electron chi connectivity index (χ4n) is 2.50. The molecule has 2 nitrogen and oxygen atoms in total. The molecule has 1 saturated heterocycles. The van der Waals surface area contributed by atoms with Crippen molar-refractivity contribution in [2.75, 3.05) is 13.2 Å². The van der Waals surface area contributed by atoms with Gasteiger partial charge in [-0.05, 0) is 37.3 Å². The van der Waals surface area contributed by atoms with E-state index >= 15 is 0 Å². The molecule has 2 heteroatoms. The van der Waals surface area contributed by atoms with Gasteiger partial charge in [0.2, 0.25) is 0 Å². The lowest BCUT2D eigenvalue weighted by Gasteiger charge is -2.29. The standard InChI is InChI=1S/C13H19NO/c1-2-12(11-6-9-15-10-7-11)13-5-3-4-8-14-13/h3-5,8,11-12H,2,6-7,9-10H2,1H3. The van der Waals surface area contributed by atoms with Crippen LogP contribution in [0.1, 0.15) is 37.8 Å². The second kappa shape index (κ2) is 5.26. The Hall–Kier alpha value is -0.890. The highest BCUT2D eigenvalue weighted by Gasteiger charge is 2.24. The number of pyridine rings is 1. The highest BCUT2D eigenvalue weighted by atomic mass is 16.5. The molecular weight excluding hydrogens is 186 g/mol. The van der Waals surface area contributed by atoms with Crippen LogP contribution < -0.4 is 0 Å². The Labute approximate surface area is 91.7 Å². The number of hydrogen-bond donors (Lipinski definition) is 0. The Bertz CT molecular complexity index is 280. The van der Waals surface area contributed by atoms with Crippen LogP contribution in [0.5, 0.6) is 0 Å². The fraction of sp³-hybridized carbons (Fsp3) is 0.615. The van der Waals surface area contributed by atoms with Gasteiger partial charge in [-0.25, -0.2) is 0 Å². The maximum atomic E-state index is 5.41. The largest absolute Gasteiger partial charge is 0.381 e. The van der Waals surface area contributed by atoms with Gasteiger partial charge in [-0.3, -0.25) is 4.98 Å². The molecule has 0 aromatic carbocycles. The molecule has 0 spiro atoms. The number of hydrogen-bond acceptors (Lipinski definition) is 2. The van der Waals surface area contributed by atoms with Crippen molar-refractivity contribution in [1.82, 2.24) is 4.98 Å². The summed E-state index contributed by atoms with van der Waals surface area (Å²) in [4.78, 5) is 4.48. The highest BCUT2D eigenvalue weighted by Crippen LogP contribution is 2.33. The van der Waals surface area contributed by atoms with E-state index < -0.39 is 0 Å². The molecular formula is C13H19NO. The number of nitrogens with zero attached hydrogens (tertiary/aromatic N) is 1. The van der Waals surface area contributed by atoms with Gasteiger partial charge in [0.05, 0.1) is 0 Å². The van der Waals surface area contributed by atoms with E-state index in [-0.39, 0.29) is 0 Å². The molecule has 2 rings (SSSR count). The molecule has 0 N–H and O–H groups in total. The maximum absolute atomic E-state index is 5.41. The second-order valence-electron chi connectivity index (χ2n) is 4.22. The minimum absolute atomic E-state index is 0.620. The Morgan fingerprint density at radius 3 is 2.80 bits per heavy atom. The summed E-state index contributed by atoms with van der Waals surface area (Å²) in [7, 11) is 0. The van der Waals surface area contributed by atoms with E-state index in [0.717, 1.165) is 19.1 Å². The van der Waals surface area contributed by atoms with E-state index in [0.29, 0.717) is 5.92 Å². The van der Waals surface area contributed by atoms with Gasteiger partial charge < -0.3 is 4.74 Å². The average Bonchev–Trinajstić information content (AvgIpc) is 2.33. The van der Waals surface area contributed by atoms with E-state index in [1.54, 1.807) is 0 Å². The van der Waals surface area contributed by atoms with Crippen molar-refractivity contribution in [3.8, 4) is 0 Å². The van der Waals surface area contributed by atoms with Gasteiger partial charge in [0.1, 0.15) is 0 Å². The highest BCUT2D eigenvalue weighted by molar-refractivity contribution is 5.10. The van der Waals surface area contributed by atoms with E-state index in [9.17, 15) is 0 Å². The third kappa shape index (κ3) is 2.57. The van der Waals surface area contributed by atoms with E-state index in [1.807, 2.05) is 12.3 Å². The van der Waals surface area contributed by atoms with Crippen LogP contribution >= 0.6 is 0 Å². The van der Waals surface area contributed by atoms with E-state index in [2.05, 4.69) is 24.0 Å². The summed E-state index contributed by atoms with van der Waals surface area (Å²) in [5.74, 6) is 1.38. The number of rotatable bonds is 3. The molecule has 1 aliphatic heterocycles. The van der Waals surface area contributed by atoms with Gasteiger partial charge in [-0.2, -0.15) is 0 Å². The summed E-state index contributed by atoms with van der Waals surface area (Å²) in [5.41, 5.74) is 1.26.